The fourth-order valence-electron chi connectivity index (χ4n) is 1.93. The minimum absolute atomic E-state index is 0.0391. The normalized spacial score (nSPS) is 10.5. The summed E-state index contributed by atoms with van der Waals surface area (Å²) in [6, 6.07) is 2.00. The third kappa shape index (κ3) is 2.88. The number of benzene rings is 1. The lowest BCUT2D eigenvalue weighted by Crippen LogP contribution is -2.15. The molecule has 1 N–H and O–H groups in total. The summed E-state index contributed by atoms with van der Waals surface area (Å²) in [6.07, 6.45) is 1.56. The molecule has 1 heterocycles. The number of hydrogen-bond acceptors (Lipinski definition) is 4. The molecular weight excluding hydrogens is 279 g/mol. The van der Waals surface area contributed by atoms with Gasteiger partial charge in [0.25, 0.3) is 11.6 Å². The molecule has 7 nitrogen and oxygen atoms in total. The van der Waals surface area contributed by atoms with Crippen molar-refractivity contribution < 1.29 is 14.1 Å². The van der Waals surface area contributed by atoms with Gasteiger partial charge in [-0.05, 0) is 19.4 Å². The molecule has 0 aliphatic heterocycles. The van der Waals surface area contributed by atoms with Gasteiger partial charge < -0.3 is 5.32 Å². The molecule has 0 spiro atoms. The van der Waals surface area contributed by atoms with E-state index in [-0.39, 0.29) is 16.8 Å². The summed E-state index contributed by atoms with van der Waals surface area (Å²) in [5.41, 5.74) is 0.323. The van der Waals surface area contributed by atoms with Crippen LogP contribution in [-0.2, 0) is 7.05 Å². The fourth-order valence-corrected chi connectivity index (χ4v) is 1.93. The summed E-state index contributed by atoms with van der Waals surface area (Å²) in [7, 11) is 1.68. The first kappa shape index (κ1) is 14.6. The zero-order chi connectivity index (χ0) is 15.7. The second-order valence-electron chi connectivity index (χ2n) is 4.64. The van der Waals surface area contributed by atoms with Gasteiger partial charge in [-0.1, -0.05) is 0 Å². The molecule has 2 aromatic rings. The topological polar surface area (TPSA) is 90.1 Å². The number of nitro groups is 1. The summed E-state index contributed by atoms with van der Waals surface area (Å²) in [5.74, 6) is -1.53. The lowest BCUT2D eigenvalue weighted by molar-refractivity contribution is -0.385. The zero-order valence-corrected chi connectivity index (χ0v) is 11.7. The molecule has 110 valence electrons. The first-order valence-corrected chi connectivity index (χ1v) is 6.05. The van der Waals surface area contributed by atoms with Crippen molar-refractivity contribution in [1.29, 1.82) is 0 Å². The lowest BCUT2D eigenvalue weighted by Gasteiger charge is -2.07. The lowest BCUT2D eigenvalue weighted by atomic mass is 10.1. The van der Waals surface area contributed by atoms with E-state index in [0.717, 1.165) is 12.1 Å². The number of anilines is 1. The van der Waals surface area contributed by atoms with Crippen molar-refractivity contribution in [1.82, 2.24) is 9.78 Å². The van der Waals surface area contributed by atoms with Crippen molar-refractivity contribution in [2.45, 2.75) is 13.8 Å². The highest BCUT2D eigenvalue weighted by molar-refractivity contribution is 6.05. The Kier molecular flexibility index (Phi) is 3.70. The average molecular weight is 292 g/mol. The number of amides is 1. The molecule has 0 bridgehead atoms. The number of carbonyl (C=O) groups excluding carboxylic acids is 1. The minimum Gasteiger partial charge on any atom is -0.319 e. The molecule has 1 aromatic carbocycles. The monoisotopic (exact) mass is 292 g/mol. The molecule has 0 atom stereocenters. The molecule has 1 amide bonds. The van der Waals surface area contributed by atoms with Crippen LogP contribution in [0.3, 0.4) is 0 Å². The number of rotatable bonds is 3. The van der Waals surface area contributed by atoms with E-state index in [1.54, 1.807) is 20.2 Å². The van der Waals surface area contributed by atoms with E-state index in [1.807, 2.05) is 0 Å². The van der Waals surface area contributed by atoms with Crippen molar-refractivity contribution in [3.05, 3.63) is 51.1 Å². The van der Waals surface area contributed by atoms with Gasteiger partial charge in [-0.2, -0.15) is 5.10 Å². The van der Waals surface area contributed by atoms with Gasteiger partial charge >= 0.3 is 0 Å². The van der Waals surface area contributed by atoms with Crippen LogP contribution in [-0.4, -0.2) is 20.6 Å². The summed E-state index contributed by atoms with van der Waals surface area (Å²) in [5, 5.41) is 17.3. The molecular formula is C13H13FN4O3. The number of halogens is 1. The van der Waals surface area contributed by atoms with Gasteiger partial charge in [-0.3, -0.25) is 19.6 Å². The van der Waals surface area contributed by atoms with Gasteiger partial charge in [0.05, 0.1) is 21.9 Å². The van der Waals surface area contributed by atoms with Gasteiger partial charge in [0.1, 0.15) is 5.82 Å². The van der Waals surface area contributed by atoms with E-state index in [2.05, 4.69) is 10.4 Å². The van der Waals surface area contributed by atoms with Crippen LogP contribution in [0.1, 0.15) is 21.6 Å². The van der Waals surface area contributed by atoms with Crippen molar-refractivity contribution in [2.24, 2.45) is 7.05 Å². The largest absolute Gasteiger partial charge is 0.319 e. The summed E-state index contributed by atoms with van der Waals surface area (Å²) >= 11 is 0. The third-order valence-electron chi connectivity index (χ3n) is 2.96. The summed E-state index contributed by atoms with van der Waals surface area (Å²) < 4.78 is 15.5. The maximum atomic E-state index is 14.0. The minimum atomic E-state index is -0.778. The maximum absolute atomic E-state index is 14.0. The van der Waals surface area contributed by atoms with Crippen LogP contribution in [0.2, 0.25) is 0 Å². The molecule has 0 unspecified atom stereocenters. The highest BCUT2D eigenvalue weighted by Gasteiger charge is 2.20. The van der Waals surface area contributed by atoms with Crippen LogP contribution in [0.15, 0.2) is 18.3 Å². The summed E-state index contributed by atoms with van der Waals surface area (Å²) in [4.78, 5) is 22.2. The molecule has 0 aliphatic rings. The Morgan fingerprint density at radius 3 is 2.62 bits per heavy atom. The molecule has 21 heavy (non-hydrogen) atoms. The van der Waals surface area contributed by atoms with E-state index in [4.69, 9.17) is 0 Å². The molecule has 1 aromatic heterocycles. The molecule has 8 heteroatoms. The second kappa shape index (κ2) is 5.31. The zero-order valence-electron chi connectivity index (χ0n) is 11.7. The highest BCUT2D eigenvalue weighted by Crippen LogP contribution is 2.22. The number of nitro benzene ring substituents is 1. The predicted octanol–water partition coefficient (Wildman–Crippen LogP) is 2.34. The van der Waals surface area contributed by atoms with E-state index in [0.29, 0.717) is 11.4 Å². The first-order chi connectivity index (χ1) is 9.79. The number of hydrogen-bond donors (Lipinski definition) is 1. The Labute approximate surface area is 119 Å². The van der Waals surface area contributed by atoms with Crippen LogP contribution < -0.4 is 5.32 Å². The summed E-state index contributed by atoms with van der Waals surface area (Å²) in [6.45, 7) is 3.05. The van der Waals surface area contributed by atoms with Crippen LogP contribution >= 0.6 is 0 Å². The van der Waals surface area contributed by atoms with Crippen molar-refractivity contribution in [2.75, 3.05) is 5.32 Å². The molecule has 0 aliphatic carbocycles. The molecule has 0 fully saturated rings. The van der Waals surface area contributed by atoms with E-state index >= 15 is 0 Å². The van der Waals surface area contributed by atoms with E-state index in [9.17, 15) is 19.3 Å². The number of nitrogens with one attached hydrogen (secondary N) is 1. The SMILES string of the molecule is Cc1cc([N+](=O)[O-])cc(C(=O)Nc2cn(C)nc2C)c1F. The molecule has 0 radical (unpaired) electrons. The van der Waals surface area contributed by atoms with Crippen molar-refractivity contribution >= 4 is 17.3 Å². The average Bonchev–Trinajstić information content (AvgIpc) is 2.70. The smallest absolute Gasteiger partial charge is 0.270 e. The van der Waals surface area contributed by atoms with Gasteiger partial charge in [-0.25, -0.2) is 4.39 Å². The Morgan fingerprint density at radius 1 is 1.43 bits per heavy atom. The fraction of sp³-hybridized carbons (Fsp3) is 0.231. The third-order valence-corrected chi connectivity index (χ3v) is 2.96. The van der Waals surface area contributed by atoms with Gasteiger partial charge in [-0.15, -0.1) is 0 Å². The van der Waals surface area contributed by atoms with Crippen LogP contribution in [0, 0.1) is 29.8 Å². The quantitative estimate of drug-likeness (QED) is 0.694. The Hall–Kier alpha value is -2.77. The number of non-ortho nitro benzene ring substituents is 1. The first-order valence-electron chi connectivity index (χ1n) is 6.05. The number of nitrogens with zero attached hydrogens (tertiary/aromatic N) is 3. The number of carbonyl (C=O) groups is 1. The Balaban J connectivity index is 2.39. The van der Waals surface area contributed by atoms with Gasteiger partial charge in [0, 0.05) is 25.4 Å². The van der Waals surface area contributed by atoms with Crippen LogP contribution in [0.5, 0.6) is 0 Å². The van der Waals surface area contributed by atoms with Crippen molar-refractivity contribution in [3.63, 3.8) is 0 Å². The predicted molar refractivity (Wildman–Crippen MR) is 73.7 cm³/mol. The van der Waals surface area contributed by atoms with Crippen LogP contribution in [0.25, 0.3) is 0 Å². The van der Waals surface area contributed by atoms with Gasteiger partial charge in [0.15, 0.2) is 0 Å². The number of aryl methyl sites for hydroxylation is 3. The van der Waals surface area contributed by atoms with Crippen LogP contribution in [0.4, 0.5) is 15.8 Å². The number of aromatic nitrogens is 2. The molecule has 0 saturated carbocycles. The standard InChI is InChI=1S/C13H13FN4O3/c1-7-4-9(18(20)21)5-10(12(7)14)13(19)15-11-6-17(3)16-8(11)2/h4-6H,1-3H3,(H,15,19). The highest BCUT2D eigenvalue weighted by atomic mass is 19.1. The van der Waals surface area contributed by atoms with Gasteiger partial charge in [0.2, 0.25) is 0 Å². The van der Waals surface area contributed by atoms with E-state index in [1.165, 1.54) is 11.6 Å². The molecule has 0 saturated heterocycles. The Bertz CT molecular complexity index is 739. The second-order valence-corrected chi connectivity index (χ2v) is 4.64. The molecule has 2 rings (SSSR count). The Morgan fingerprint density at radius 2 is 2.10 bits per heavy atom. The van der Waals surface area contributed by atoms with Crippen molar-refractivity contribution in [3.8, 4) is 0 Å². The maximum Gasteiger partial charge on any atom is 0.270 e. The van der Waals surface area contributed by atoms with E-state index < -0.39 is 16.6 Å².